The topological polar surface area (TPSA) is 21.6 Å². The molecular weight excluding hydrogens is 190 g/mol. The Balaban J connectivity index is 4.19. The molecule has 0 aliphatic heterocycles. The van der Waals surface area contributed by atoms with E-state index in [0.717, 1.165) is 6.42 Å². The molecule has 0 rings (SSSR count). The van der Waals surface area contributed by atoms with Gasteiger partial charge >= 0.3 is 0 Å². The molecule has 0 aromatic rings. The summed E-state index contributed by atoms with van der Waals surface area (Å²) in [5.74, 6) is 0.525. The normalized spacial score (nSPS) is 13.4. The van der Waals surface area contributed by atoms with E-state index >= 15 is 0 Å². The third-order valence-electron chi connectivity index (χ3n) is 1.58. The summed E-state index contributed by atoms with van der Waals surface area (Å²) in [7, 11) is -1.55. The molecule has 0 bridgehead atoms. The maximum Gasteiger partial charge on any atom is 0.244 e. The molecular formula is C11H21NOSi. The van der Waals surface area contributed by atoms with Crippen LogP contribution in [0.3, 0.4) is 0 Å². The predicted molar refractivity (Wildman–Crippen MR) is 66.1 cm³/mol. The SMILES string of the molecule is C=C(/N=C/C(=C/C)CC)O[Si](C)(C)C. The van der Waals surface area contributed by atoms with E-state index < -0.39 is 8.32 Å². The molecule has 0 aromatic heterocycles. The first kappa shape index (κ1) is 13.2. The van der Waals surface area contributed by atoms with E-state index in [-0.39, 0.29) is 0 Å². The van der Waals surface area contributed by atoms with Crippen LogP contribution in [0.4, 0.5) is 0 Å². The lowest BCUT2D eigenvalue weighted by Crippen LogP contribution is -2.24. The van der Waals surface area contributed by atoms with Gasteiger partial charge in [0, 0.05) is 6.21 Å². The van der Waals surface area contributed by atoms with Gasteiger partial charge in [-0.1, -0.05) is 13.0 Å². The maximum atomic E-state index is 5.60. The largest absolute Gasteiger partial charge is 0.532 e. The van der Waals surface area contributed by atoms with E-state index in [2.05, 4.69) is 38.1 Å². The van der Waals surface area contributed by atoms with Crippen LogP contribution in [0.5, 0.6) is 0 Å². The first-order valence-corrected chi connectivity index (χ1v) is 8.37. The Morgan fingerprint density at radius 3 is 2.36 bits per heavy atom. The van der Waals surface area contributed by atoms with Crippen molar-refractivity contribution in [2.45, 2.75) is 39.9 Å². The second-order valence-corrected chi connectivity index (χ2v) is 8.51. The number of allylic oxidation sites excluding steroid dienone is 2. The highest BCUT2D eigenvalue weighted by molar-refractivity contribution is 6.70. The van der Waals surface area contributed by atoms with Crippen LogP contribution in [-0.2, 0) is 4.43 Å². The number of hydrogen-bond acceptors (Lipinski definition) is 2. The van der Waals surface area contributed by atoms with E-state index in [4.69, 9.17) is 4.43 Å². The molecule has 0 aromatic carbocycles. The third kappa shape index (κ3) is 6.66. The highest BCUT2D eigenvalue weighted by atomic mass is 28.4. The summed E-state index contributed by atoms with van der Waals surface area (Å²) < 4.78 is 5.60. The molecule has 0 amide bonds. The van der Waals surface area contributed by atoms with Crippen LogP contribution in [-0.4, -0.2) is 14.5 Å². The van der Waals surface area contributed by atoms with Gasteiger partial charge in [-0.2, -0.15) is 0 Å². The summed E-state index contributed by atoms with van der Waals surface area (Å²) in [6.45, 7) is 14.2. The van der Waals surface area contributed by atoms with Gasteiger partial charge in [-0.3, -0.25) is 0 Å². The summed E-state index contributed by atoms with van der Waals surface area (Å²) >= 11 is 0. The van der Waals surface area contributed by atoms with E-state index in [9.17, 15) is 0 Å². The summed E-state index contributed by atoms with van der Waals surface area (Å²) in [5.41, 5.74) is 1.20. The molecule has 0 spiro atoms. The van der Waals surface area contributed by atoms with Crippen LogP contribution in [0.1, 0.15) is 20.3 Å². The summed E-state index contributed by atoms with van der Waals surface area (Å²) in [5, 5.41) is 0. The van der Waals surface area contributed by atoms with Gasteiger partial charge in [0.15, 0.2) is 5.88 Å². The second kappa shape index (κ2) is 5.80. The number of aliphatic imine (C=N–C) groups is 1. The highest BCUT2D eigenvalue weighted by Gasteiger charge is 2.15. The molecule has 0 aliphatic rings. The van der Waals surface area contributed by atoms with Crippen molar-refractivity contribution in [3.05, 3.63) is 24.1 Å². The average Bonchev–Trinajstić information content (AvgIpc) is 2.03. The Morgan fingerprint density at radius 1 is 1.43 bits per heavy atom. The van der Waals surface area contributed by atoms with Crippen molar-refractivity contribution < 1.29 is 4.43 Å². The minimum absolute atomic E-state index is 0.525. The van der Waals surface area contributed by atoms with Gasteiger partial charge in [0.1, 0.15) is 0 Å². The number of hydrogen-bond donors (Lipinski definition) is 0. The van der Waals surface area contributed by atoms with Gasteiger partial charge in [-0.05, 0) is 45.1 Å². The molecule has 3 heteroatoms. The summed E-state index contributed by atoms with van der Waals surface area (Å²) in [6.07, 6.45) is 4.86. The molecule has 0 N–H and O–H groups in total. The van der Waals surface area contributed by atoms with Crippen LogP contribution < -0.4 is 0 Å². The zero-order chi connectivity index (χ0) is 11.2. The van der Waals surface area contributed by atoms with Gasteiger partial charge in [0.05, 0.1) is 0 Å². The van der Waals surface area contributed by atoms with E-state index in [0.29, 0.717) is 5.88 Å². The molecule has 80 valence electrons. The van der Waals surface area contributed by atoms with Crippen LogP contribution in [0.25, 0.3) is 0 Å². The Kier molecular flexibility index (Phi) is 5.46. The highest BCUT2D eigenvalue weighted by Crippen LogP contribution is 2.09. The van der Waals surface area contributed by atoms with Crippen LogP contribution in [0.15, 0.2) is 29.1 Å². The zero-order valence-corrected chi connectivity index (χ0v) is 10.9. The first-order valence-electron chi connectivity index (χ1n) is 4.96. The number of nitrogens with zero attached hydrogens (tertiary/aromatic N) is 1. The molecule has 0 saturated carbocycles. The fourth-order valence-corrected chi connectivity index (χ4v) is 1.66. The van der Waals surface area contributed by atoms with Gasteiger partial charge in [-0.15, -0.1) is 0 Å². The molecule has 0 radical (unpaired) electrons. The van der Waals surface area contributed by atoms with Gasteiger partial charge in [0.2, 0.25) is 8.32 Å². The van der Waals surface area contributed by atoms with Gasteiger partial charge < -0.3 is 4.43 Å². The first-order chi connectivity index (χ1) is 6.39. The van der Waals surface area contributed by atoms with Crippen LogP contribution >= 0.6 is 0 Å². The minimum Gasteiger partial charge on any atom is -0.532 e. The van der Waals surface area contributed by atoms with Crippen molar-refractivity contribution in [1.29, 1.82) is 0 Å². The van der Waals surface area contributed by atoms with Crippen molar-refractivity contribution in [3.63, 3.8) is 0 Å². The maximum absolute atomic E-state index is 5.60. The quantitative estimate of drug-likeness (QED) is 0.386. The standard InChI is InChI=1S/C11H21NOSi/c1-7-11(8-2)9-12-10(3)13-14(4,5)6/h7,9H,3,8H2,1-2,4-6H3/b11-7+,12-9+. The molecule has 0 unspecified atom stereocenters. The Bertz CT molecular complexity index is 249. The van der Waals surface area contributed by atoms with Crippen molar-refractivity contribution in [2.75, 3.05) is 0 Å². The molecule has 14 heavy (non-hydrogen) atoms. The zero-order valence-electron chi connectivity index (χ0n) is 9.92. The smallest absolute Gasteiger partial charge is 0.244 e. The lowest BCUT2D eigenvalue weighted by atomic mass is 10.2. The summed E-state index contributed by atoms with van der Waals surface area (Å²) in [4.78, 5) is 4.18. The van der Waals surface area contributed by atoms with E-state index in [1.165, 1.54) is 5.57 Å². The molecule has 0 aliphatic carbocycles. The van der Waals surface area contributed by atoms with Gasteiger partial charge in [-0.25, -0.2) is 4.99 Å². The van der Waals surface area contributed by atoms with E-state index in [1.807, 2.05) is 19.2 Å². The molecule has 0 fully saturated rings. The van der Waals surface area contributed by atoms with Crippen LogP contribution in [0.2, 0.25) is 19.6 Å². The Labute approximate surface area is 88.5 Å². The monoisotopic (exact) mass is 211 g/mol. The predicted octanol–water partition coefficient (Wildman–Crippen LogP) is 3.74. The van der Waals surface area contributed by atoms with E-state index in [1.54, 1.807) is 0 Å². The second-order valence-electron chi connectivity index (χ2n) is 4.08. The molecule has 0 heterocycles. The van der Waals surface area contributed by atoms with Gasteiger partial charge in [0.25, 0.3) is 0 Å². The minimum atomic E-state index is -1.55. The molecule has 2 nitrogen and oxygen atoms in total. The third-order valence-corrected chi connectivity index (χ3v) is 2.43. The van der Waals surface area contributed by atoms with Crippen molar-refractivity contribution in [1.82, 2.24) is 0 Å². The average molecular weight is 211 g/mol. The van der Waals surface area contributed by atoms with Crippen molar-refractivity contribution in [2.24, 2.45) is 4.99 Å². The molecule has 0 atom stereocenters. The summed E-state index contributed by atoms with van der Waals surface area (Å²) in [6, 6.07) is 0. The fraction of sp³-hybridized carbons (Fsp3) is 0.545. The van der Waals surface area contributed by atoms with Crippen molar-refractivity contribution >= 4 is 14.5 Å². The Hall–Kier alpha value is -0.833. The number of rotatable bonds is 5. The lowest BCUT2D eigenvalue weighted by Gasteiger charge is -2.17. The molecule has 0 saturated heterocycles. The fourth-order valence-electron chi connectivity index (χ4n) is 0.905. The van der Waals surface area contributed by atoms with Crippen LogP contribution in [0, 0.1) is 0 Å². The van der Waals surface area contributed by atoms with Crippen molar-refractivity contribution in [3.8, 4) is 0 Å². The Morgan fingerprint density at radius 2 is 2.00 bits per heavy atom. The lowest BCUT2D eigenvalue weighted by molar-refractivity contribution is 0.421.